The number of ether oxygens (including phenoxy) is 2. The quantitative estimate of drug-likeness (QED) is 0.380. The van der Waals surface area contributed by atoms with Crippen LogP contribution in [0.1, 0.15) is 71.1 Å². The second-order valence-corrected chi connectivity index (χ2v) is 6.01. The van der Waals surface area contributed by atoms with Crippen molar-refractivity contribution in [2.45, 2.75) is 89.4 Å². The minimum absolute atomic E-state index is 0.0144. The zero-order chi connectivity index (χ0) is 14.2. The van der Waals surface area contributed by atoms with Crippen LogP contribution in [0.5, 0.6) is 0 Å². The summed E-state index contributed by atoms with van der Waals surface area (Å²) in [6, 6.07) is 0. The van der Waals surface area contributed by atoms with Crippen molar-refractivity contribution in [3.05, 3.63) is 12.2 Å². The molecular formula is C17H28O3. The van der Waals surface area contributed by atoms with Crippen molar-refractivity contribution in [1.82, 2.24) is 0 Å². The molecule has 0 radical (unpaired) electrons. The van der Waals surface area contributed by atoms with E-state index >= 15 is 0 Å². The molecule has 0 spiro atoms. The Labute approximate surface area is 122 Å². The second-order valence-electron chi connectivity index (χ2n) is 6.01. The summed E-state index contributed by atoms with van der Waals surface area (Å²) in [6.45, 7) is 2.22. The summed E-state index contributed by atoms with van der Waals surface area (Å²) in [5, 5.41) is 0. The van der Waals surface area contributed by atoms with Crippen LogP contribution < -0.4 is 0 Å². The first kappa shape index (κ1) is 15.6. The number of allylic oxidation sites excluding steroid dienone is 1. The van der Waals surface area contributed by atoms with Crippen molar-refractivity contribution in [2.24, 2.45) is 0 Å². The summed E-state index contributed by atoms with van der Waals surface area (Å²) < 4.78 is 11.5. The summed E-state index contributed by atoms with van der Waals surface area (Å²) >= 11 is 0. The number of cyclic esters (lactones) is 1. The Morgan fingerprint density at radius 1 is 1.30 bits per heavy atom. The van der Waals surface area contributed by atoms with Crippen LogP contribution in [0.3, 0.4) is 0 Å². The Balaban J connectivity index is 1.72. The number of esters is 1. The summed E-state index contributed by atoms with van der Waals surface area (Å²) in [5.74, 6) is -0.0895. The highest BCUT2D eigenvalue weighted by molar-refractivity contribution is 5.72. The molecule has 1 unspecified atom stereocenters. The zero-order valence-corrected chi connectivity index (χ0v) is 12.7. The Morgan fingerprint density at radius 2 is 2.15 bits per heavy atom. The molecule has 0 amide bonds. The first-order chi connectivity index (χ1) is 9.79. The van der Waals surface area contributed by atoms with E-state index in [1.807, 2.05) is 0 Å². The van der Waals surface area contributed by atoms with Gasteiger partial charge in [0.05, 0.1) is 12.5 Å². The average Bonchev–Trinajstić information content (AvgIpc) is 2.80. The topological polar surface area (TPSA) is 35.5 Å². The van der Waals surface area contributed by atoms with Crippen molar-refractivity contribution in [3.8, 4) is 0 Å². The minimum atomic E-state index is -0.0895. The molecule has 0 aromatic rings. The lowest BCUT2D eigenvalue weighted by Gasteiger charge is -2.24. The highest BCUT2D eigenvalue weighted by atomic mass is 16.6. The second kappa shape index (κ2) is 8.46. The molecule has 3 atom stereocenters. The van der Waals surface area contributed by atoms with Gasteiger partial charge in [-0.15, -0.1) is 0 Å². The molecular weight excluding hydrogens is 252 g/mol. The van der Waals surface area contributed by atoms with Crippen molar-refractivity contribution in [3.63, 3.8) is 0 Å². The van der Waals surface area contributed by atoms with Crippen LogP contribution >= 0.6 is 0 Å². The Kier molecular flexibility index (Phi) is 6.58. The van der Waals surface area contributed by atoms with E-state index in [0.29, 0.717) is 6.42 Å². The van der Waals surface area contributed by atoms with Gasteiger partial charge >= 0.3 is 5.97 Å². The molecule has 3 heteroatoms. The van der Waals surface area contributed by atoms with E-state index in [1.165, 1.54) is 32.1 Å². The Bertz CT molecular complexity index is 324. The molecule has 0 aromatic heterocycles. The first-order valence-corrected chi connectivity index (χ1v) is 8.31. The van der Waals surface area contributed by atoms with Crippen LogP contribution in [0, 0.1) is 0 Å². The molecule has 2 aliphatic rings. The molecule has 0 N–H and O–H groups in total. The minimum Gasteiger partial charge on any atom is -0.460 e. The fraction of sp³-hybridized carbons (Fsp3) is 0.824. The van der Waals surface area contributed by atoms with Crippen LogP contribution in [0.15, 0.2) is 12.2 Å². The van der Waals surface area contributed by atoms with E-state index in [0.717, 1.165) is 25.7 Å². The van der Waals surface area contributed by atoms with Gasteiger partial charge in [0.2, 0.25) is 0 Å². The monoisotopic (exact) mass is 280 g/mol. The van der Waals surface area contributed by atoms with Gasteiger partial charge in [-0.1, -0.05) is 44.8 Å². The molecule has 0 bridgehead atoms. The maximum atomic E-state index is 11.5. The van der Waals surface area contributed by atoms with Crippen molar-refractivity contribution < 1.29 is 14.3 Å². The summed E-state index contributed by atoms with van der Waals surface area (Å²) in [4.78, 5) is 11.5. The lowest BCUT2D eigenvalue weighted by Crippen LogP contribution is -2.29. The van der Waals surface area contributed by atoms with Crippen LogP contribution in [-0.2, 0) is 14.3 Å². The highest BCUT2D eigenvalue weighted by Crippen LogP contribution is 2.27. The molecule has 1 heterocycles. The summed E-state index contributed by atoms with van der Waals surface area (Å²) in [6.07, 6.45) is 15.5. The van der Waals surface area contributed by atoms with Gasteiger partial charge in [0, 0.05) is 0 Å². The number of rotatable bonds is 8. The van der Waals surface area contributed by atoms with Crippen molar-refractivity contribution >= 4 is 5.97 Å². The Hall–Kier alpha value is -0.830. The molecule has 20 heavy (non-hydrogen) atoms. The number of carbonyl (C=O) groups excluding carboxylic acids is 1. The van der Waals surface area contributed by atoms with Gasteiger partial charge in [0.1, 0.15) is 12.2 Å². The lowest BCUT2D eigenvalue weighted by molar-refractivity contribution is -0.142. The van der Waals surface area contributed by atoms with Crippen LogP contribution in [0.25, 0.3) is 0 Å². The van der Waals surface area contributed by atoms with Gasteiger partial charge in [0.15, 0.2) is 0 Å². The number of unbranched alkanes of at least 4 members (excludes halogenated alkanes) is 4. The fourth-order valence-corrected chi connectivity index (χ4v) is 3.04. The number of hydrogen-bond donors (Lipinski definition) is 0. The molecule has 1 fully saturated rings. The maximum Gasteiger partial charge on any atom is 0.308 e. The summed E-state index contributed by atoms with van der Waals surface area (Å²) in [7, 11) is 0. The third kappa shape index (κ3) is 4.93. The molecule has 1 saturated heterocycles. The molecule has 114 valence electrons. The van der Waals surface area contributed by atoms with E-state index in [9.17, 15) is 4.79 Å². The van der Waals surface area contributed by atoms with Crippen LogP contribution in [-0.4, -0.2) is 24.3 Å². The smallest absolute Gasteiger partial charge is 0.308 e. The van der Waals surface area contributed by atoms with E-state index in [1.54, 1.807) is 0 Å². The Morgan fingerprint density at radius 3 is 2.90 bits per heavy atom. The third-order valence-electron chi connectivity index (χ3n) is 4.22. The predicted molar refractivity (Wildman–Crippen MR) is 79.5 cm³/mol. The molecule has 0 saturated carbocycles. The first-order valence-electron chi connectivity index (χ1n) is 8.31. The normalized spacial score (nSPS) is 29.6. The molecule has 1 aliphatic heterocycles. The number of hydrogen-bond acceptors (Lipinski definition) is 3. The third-order valence-corrected chi connectivity index (χ3v) is 4.22. The highest BCUT2D eigenvalue weighted by Gasteiger charge is 2.36. The summed E-state index contributed by atoms with van der Waals surface area (Å²) in [5.41, 5.74) is 0. The SMILES string of the molecule is CCCCCCC[C@H]1OC(=O)C[C@H]1OC1C=CCCC1. The van der Waals surface area contributed by atoms with Gasteiger partial charge in [-0.3, -0.25) is 4.79 Å². The average molecular weight is 280 g/mol. The van der Waals surface area contributed by atoms with E-state index < -0.39 is 0 Å². The maximum absolute atomic E-state index is 11.5. The molecule has 0 aromatic carbocycles. The van der Waals surface area contributed by atoms with Crippen LogP contribution in [0.2, 0.25) is 0 Å². The molecule has 2 rings (SSSR count). The largest absolute Gasteiger partial charge is 0.460 e. The van der Waals surface area contributed by atoms with Gasteiger partial charge in [-0.2, -0.15) is 0 Å². The molecule has 3 nitrogen and oxygen atoms in total. The lowest BCUT2D eigenvalue weighted by atomic mass is 10.0. The predicted octanol–water partition coefficient (Wildman–Crippen LogP) is 4.16. The molecule has 1 aliphatic carbocycles. The van der Waals surface area contributed by atoms with Gasteiger partial charge in [-0.25, -0.2) is 0 Å². The van der Waals surface area contributed by atoms with E-state index in [-0.39, 0.29) is 24.3 Å². The van der Waals surface area contributed by atoms with Crippen LogP contribution in [0.4, 0.5) is 0 Å². The van der Waals surface area contributed by atoms with E-state index in [4.69, 9.17) is 9.47 Å². The zero-order valence-electron chi connectivity index (χ0n) is 12.7. The van der Waals surface area contributed by atoms with Gasteiger partial charge in [0.25, 0.3) is 0 Å². The standard InChI is InChI=1S/C17H28O3/c1-2-3-4-5-9-12-15-16(13-17(18)20-15)19-14-10-7-6-8-11-14/h7,10,14-16H,2-6,8-9,11-13H2,1H3/t14?,15-,16-/m1/s1. The number of carbonyl (C=O) groups is 1. The van der Waals surface area contributed by atoms with Gasteiger partial charge in [-0.05, 0) is 32.1 Å². The van der Waals surface area contributed by atoms with E-state index in [2.05, 4.69) is 19.1 Å². The van der Waals surface area contributed by atoms with Gasteiger partial charge < -0.3 is 9.47 Å². The van der Waals surface area contributed by atoms with Crippen molar-refractivity contribution in [2.75, 3.05) is 0 Å². The fourth-order valence-electron chi connectivity index (χ4n) is 3.04. The van der Waals surface area contributed by atoms with Crippen molar-refractivity contribution in [1.29, 1.82) is 0 Å².